The molecule has 0 atom stereocenters. The van der Waals surface area contributed by atoms with Crippen LogP contribution in [0, 0.1) is 0 Å². The number of ether oxygens (including phenoxy) is 1. The van der Waals surface area contributed by atoms with Crippen molar-refractivity contribution in [3.05, 3.63) is 29.3 Å². The second-order valence-corrected chi connectivity index (χ2v) is 7.38. The van der Waals surface area contributed by atoms with E-state index in [1.54, 1.807) is 4.90 Å². The summed E-state index contributed by atoms with van der Waals surface area (Å²) in [4.78, 5) is 25.3. The van der Waals surface area contributed by atoms with Crippen LogP contribution >= 0.6 is 0 Å². The highest BCUT2D eigenvalue weighted by atomic mass is 16.6. The Balaban J connectivity index is 1.60. The van der Waals surface area contributed by atoms with Crippen molar-refractivity contribution in [1.82, 2.24) is 4.90 Å². The van der Waals surface area contributed by atoms with Crippen LogP contribution in [-0.2, 0) is 16.0 Å². The molecule has 0 radical (unpaired) electrons. The number of likely N-dealkylation sites (tertiary alicyclic amines) is 1. The Morgan fingerprint density at radius 1 is 1.26 bits per heavy atom. The summed E-state index contributed by atoms with van der Waals surface area (Å²) >= 11 is 0. The summed E-state index contributed by atoms with van der Waals surface area (Å²) in [6.45, 7) is 7.08. The number of carbonyl (C=O) groups excluding carboxylic acids is 2. The van der Waals surface area contributed by atoms with Gasteiger partial charge in [-0.3, -0.25) is 4.79 Å². The minimum absolute atomic E-state index is 0.0666. The lowest BCUT2D eigenvalue weighted by Crippen LogP contribution is -2.41. The van der Waals surface area contributed by atoms with Gasteiger partial charge < -0.3 is 15.0 Å². The van der Waals surface area contributed by atoms with Crippen molar-refractivity contribution in [3.63, 3.8) is 0 Å². The summed E-state index contributed by atoms with van der Waals surface area (Å²) in [5.41, 5.74) is 2.81. The van der Waals surface area contributed by atoms with Crippen LogP contribution in [0.3, 0.4) is 0 Å². The van der Waals surface area contributed by atoms with Crippen LogP contribution in [0.25, 0.3) is 0 Å². The zero-order valence-electron chi connectivity index (χ0n) is 14.0. The molecule has 2 heterocycles. The fourth-order valence-corrected chi connectivity index (χ4v) is 3.21. The molecule has 0 bridgehead atoms. The molecule has 23 heavy (non-hydrogen) atoms. The first-order chi connectivity index (χ1) is 10.8. The normalized spacial score (nSPS) is 18.6. The van der Waals surface area contributed by atoms with Gasteiger partial charge in [-0.2, -0.15) is 0 Å². The van der Waals surface area contributed by atoms with Gasteiger partial charge >= 0.3 is 6.09 Å². The van der Waals surface area contributed by atoms with E-state index in [-0.39, 0.29) is 12.0 Å². The van der Waals surface area contributed by atoms with E-state index in [0.29, 0.717) is 25.4 Å². The van der Waals surface area contributed by atoms with Gasteiger partial charge in [0.25, 0.3) is 0 Å². The lowest BCUT2D eigenvalue weighted by molar-refractivity contribution is -0.115. The molecule has 1 N–H and O–H groups in total. The Morgan fingerprint density at radius 2 is 1.96 bits per heavy atom. The molecule has 124 valence electrons. The highest BCUT2D eigenvalue weighted by Crippen LogP contribution is 2.33. The SMILES string of the molecule is CC(C)(C)OC(=O)N1CCC(c2ccc3c(c2)NC(=O)C3)CC1. The second kappa shape index (κ2) is 5.87. The molecule has 1 saturated heterocycles. The third-order valence-electron chi connectivity index (χ3n) is 4.38. The molecule has 2 aliphatic rings. The lowest BCUT2D eigenvalue weighted by atomic mass is 9.88. The summed E-state index contributed by atoms with van der Waals surface area (Å²) in [6, 6.07) is 6.25. The number of nitrogens with zero attached hydrogens (tertiary/aromatic N) is 1. The van der Waals surface area contributed by atoms with E-state index in [2.05, 4.69) is 17.4 Å². The van der Waals surface area contributed by atoms with Crippen LogP contribution in [0.2, 0.25) is 0 Å². The number of hydrogen-bond acceptors (Lipinski definition) is 3. The van der Waals surface area contributed by atoms with Crippen LogP contribution in [0.5, 0.6) is 0 Å². The molecule has 1 fully saturated rings. The van der Waals surface area contributed by atoms with Crippen LogP contribution in [0.1, 0.15) is 50.7 Å². The van der Waals surface area contributed by atoms with Gasteiger partial charge in [0.05, 0.1) is 6.42 Å². The summed E-state index contributed by atoms with van der Waals surface area (Å²) < 4.78 is 5.43. The maximum absolute atomic E-state index is 12.1. The molecule has 5 heteroatoms. The van der Waals surface area contributed by atoms with E-state index < -0.39 is 5.60 Å². The van der Waals surface area contributed by atoms with Gasteiger partial charge in [-0.1, -0.05) is 12.1 Å². The number of carbonyl (C=O) groups is 2. The predicted molar refractivity (Wildman–Crippen MR) is 88.6 cm³/mol. The Bertz CT molecular complexity index is 626. The standard InChI is InChI=1S/C18H24N2O3/c1-18(2,3)23-17(22)20-8-6-12(7-9-20)13-4-5-14-11-16(21)19-15(14)10-13/h4-5,10,12H,6-9,11H2,1-3H3,(H,19,21). The van der Waals surface area contributed by atoms with Gasteiger partial charge in [-0.15, -0.1) is 0 Å². The van der Waals surface area contributed by atoms with Crippen LogP contribution in [-0.4, -0.2) is 35.6 Å². The maximum atomic E-state index is 12.1. The molecule has 0 spiro atoms. The Labute approximate surface area is 137 Å². The molecule has 0 aliphatic carbocycles. The highest BCUT2D eigenvalue weighted by molar-refractivity contribution is 5.99. The number of piperidine rings is 1. The topological polar surface area (TPSA) is 58.6 Å². The first kappa shape index (κ1) is 15.8. The third-order valence-corrected chi connectivity index (χ3v) is 4.38. The summed E-state index contributed by atoms with van der Waals surface area (Å²) in [6.07, 6.45) is 2.10. The lowest BCUT2D eigenvalue weighted by Gasteiger charge is -2.33. The van der Waals surface area contributed by atoms with Crippen LogP contribution < -0.4 is 5.32 Å². The van der Waals surface area contributed by atoms with Crippen molar-refractivity contribution in [2.45, 2.75) is 51.6 Å². The third kappa shape index (κ3) is 3.66. The van der Waals surface area contributed by atoms with Crippen molar-refractivity contribution in [2.24, 2.45) is 0 Å². The molecular formula is C18H24N2O3. The average Bonchev–Trinajstić information content (AvgIpc) is 2.84. The van der Waals surface area contributed by atoms with Gasteiger partial charge in [0.1, 0.15) is 5.60 Å². The second-order valence-electron chi connectivity index (χ2n) is 7.38. The van der Waals surface area contributed by atoms with Crippen molar-refractivity contribution in [2.75, 3.05) is 18.4 Å². The monoisotopic (exact) mass is 316 g/mol. The molecule has 2 aliphatic heterocycles. The first-order valence-corrected chi connectivity index (χ1v) is 8.22. The highest BCUT2D eigenvalue weighted by Gasteiger charge is 2.28. The molecule has 1 aromatic rings. The number of anilines is 1. The summed E-state index contributed by atoms with van der Waals surface area (Å²) in [5, 5.41) is 2.91. The Kier molecular flexibility index (Phi) is 4.04. The number of fused-ring (bicyclic) bond motifs is 1. The minimum Gasteiger partial charge on any atom is -0.444 e. The molecule has 0 saturated carbocycles. The smallest absolute Gasteiger partial charge is 0.410 e. The zero-order valence-corrected chi connectivity index (χ0v) is 14.0. The summed E-state index contributed by atoms with van der Waals surface area (Å²) in [7, 11) is 0. The van der Waals surface area contributed by atoms with Crippen LogP contribution in [0.15, 0.2) is 18.2 Å². The van der Waals surface area contributed by atoms with Gasteiger partial charge in [0.15, 0.2) is 0 Å². The average molecular weight is 316 g/mol. The molecule has 3 rings (SSSR count). The van der Waals surface area contributed by atoms with E-state index in [4.69, 9.17) is 4.74 Å². The summed E-state index contributed by atoms with van der Waals surface area (Å²) in [5.74, 6) is 0.494. The fourth-order valence-electron chi connectivity index (χ4n) is 3.21. The van der Waals surface area contributed by atoms with Gasteiger partial charge in [0.2, 0.25) is 5.91 Å². The number of amides is 2. The van der Waals surface area contributed by atoms with Crippen LogP contribution in [0.4, 0.5) is 10.5 Å². The number of rotatable bonds is 1. The Morgan fingerprint density at radius 3 is 2.61 bits per heavy atom. The van der Waals surface area contributed by atoms with E-state index in [1.807, 2.05) is 26.8 Å². The van der Waals surface area contributed by atoms with Crippen molar-refractivity contribution >= 4 is 17.7 Å². The van der Waals surface area contributed by atoms with Gasteiger partial charge in [-0.25, -0.2) is 4.79 Å². The molecule has 0 aromatic heterocycles. The molecule has 0 unspecified atom stereocenters. The predicted octanol–water partition coefficient (Wildman–Crippen LogP) is 3.30. The molecular weight excluding hydrogens is 292 g/mol. The van der Waals surface area contributed by atoms with E-state index >= 15 is 0 Å². The molecule has 5 nitrogen and oxygen atoms in total. The molecule has 2 amide bonds. The Hall–Kier alpha value is -2.04. The van der Waals surface area contributed by atoms with Gasteiger partial charge in [-0.05, 0) is 56.7 Å². The van der Waals surface area contributed by atoms with Crippen molar-refractivity contribution in [1.29, 1.82) is 0 Å². The number of nitrogens with one attached hydrogen (secondary N) is 1. The van der Waals surface area contributed by atoms with Crippen molar-refractivity contribution < 1.29 is 14.3 Å². The van der Waals surface area contributed by atoms with Crippen molar-refractivity contribution in [3.8, 4) is 0 Å². The molecule has 1 aromatic carbocycles. The number of hydrogen-bond donors (Lipinski definition) is 1. The van der Waals surface area contributed by atoms with Gasteiger partial charge in [0, 0.05) is 18.8 Å². The number of benzene rings is 1. The van der Waals surface area contributed by atoms with E-state index in [0.717, 1.165) is 24.1 Å². The first-order valence-electron chi connectivity index (χ1n) is 8.22. The quantitative estimate of drug-likeness (QED) is 0.865. The van der Waals surface area contributed by atoms with E-state index in [1.165, 1.54) is 5.56 Å². The largest absolute Gasteiger partial charge is 0.444 e. The fraction of sp³-hybridized carbons (Fsp3) is 0.556. The minimum atomic E-state index is -0.452. The van der Waals surface area contributed by atoms with E-state index in [9.17, 15) is 9.59 Å². The maximum Gasteiger partial charge on any atom is 0.410 e. The zero-order chi connectivity index (χ0) is 16.6.